The van der Waals surface area contributed by atoms with Crippen LogP contribution in [0.3, 0.4) is 0 Å². The Hall–Kier alpha value is -1.79. The summed E-state index contributed by atoms with van der Waals surface area (Å²) in [6.07, 6.45) is 1.42. The van der Waals surface area contributed by atoms with Gasteiger partial charge in [-0.2, -0.15) is 0 Å². The zero-order valence-electron chi connectivity index (χ0n) is 11.3. The normalized spacial score (nSPS) is 18.8. The van der Waals surface area contributed by atoms with Crippen molar-refractivity contribution >= 4 is 18.0 Å². The molecule has 1 atom stereocenters. The number of likely N-dealkylation sites (tertiary alicyclic amines) is 1. The molecule has 1 rings (SSSR count). The third-order valence-corrected chi connectivity index (χ3v) is 3.25. The highest BCUT2D eigenvalue weighted by molar-refractivity contribution is 5.77. The molecule has 7 heteroatoms. The van der Waals surface area contributed by atoms with E-state index in [0.29, 0.717) is 19.4 Å². The fourth-order valence-electron chi connectivity index (χ4n) is 2.05. The topological polar surface area (TPSA) is 87.2 Å². The molecule has 0 radical (unpaired) electrons. The van der Waals surface area contributed by atoms with E-state index >= 15 is 0 Å². The number of nitrogens with zero attached hydrogens (tertiary/aromatic N) is 2. The number of rotatable bonds is 4. The number of amides is 2. The molecule has 1 aliphatic heterocycles. The van der Waals surface area contributed by atoms with Gasteiger partial charge in [-0.25, -0.2) is 4.79 Å². The summed E-state index contributed by atoms with van der Waals surface area (Å²) >= 11 is 0. The number of esters is 1. The van der Waals surface area contributed by atoms with E-state index in [4.69, 9.17) is 5.11 Å². The van der Waals surface area contributed by atoms with Crippen LogP contribution in [-0.2, 0) is 14.3 Å². The number of hydrogen-bond acceptors (Lipinski definition) is 4. The Labute approximate surface area is 112 Å². The second-order valence-corrected chi connectivity index (χ2v) is 4.65. The number of urea groups is 1. The molecule has 7 nitrogen and oxygen atoms in total. The highest BCUT2D eigenvalue weighted by Gasteiger charge is 2.29. The van der Waals surface area contributed by atoms with Gasteiger partial charge in [-0.05, 0) is 12.8 Å². The zero-order valence-corrected chi connectivity index (χ0v) is 11.3. The predicted octanol–water partition coefficient (Wildman–Crippen LogP) is 0.398. The summed E-state index contributed by atoms with van der Waals surface area (Å²) in [7, 11) is 2.89. The summed E-state index contributed by atoms with van der Waals surface area (Å²) < 4.78 is 4.51. The summed E-state index contributed by atoms with van der Waals surface area (Å²) in [5, 5.41) is 8.97. The quantitative estimate of drug-likeness (QED) is 0.748. The van der Waals surface area contributed by atoms with Gasteiger partial charge in [-0.3, -0.25) is 9.59 Å². The van der Waals surface area contributed by atoms with E-state index in [1.54, 1.807) is 7.05 Å². The molecule has 1 fully saturated rings. The van der Waals surface area contributed by atoms with E-state index in [1.807, 2.05) is 0 Å². The summed E-state index contributed by atoms with van der Waals surface area (Å²) in [5.74, 6) is -1.73. The molecule has 1 N–H and O–H groups in total. The Bertz CT molecular complexity index is 358. The van der Waals surface area contributed by atoms with Gasteiger partial charge in [-0.15, -0.1) is 0 Å². The Morgan fingerprint density at radius 3 is 2.68 bits per heavy atom. The Balaban J connectivity index is 2.47. The average molecular weight is 272 g/mol. The number of aliphatic carboxylic acids is 1. The first kappa shape index (κ1) is 15.3. The van der Waals surface area contributed by atoms with Gasteiger partial charge in [0.15, 0.2) is 0 Å². The molecule has 0 aliphatic carbocycles. The average Bonchev–Trinajstić information content (AvgIpc) is 2.43. The molecule has 2 amide bonds. The number of carbonyl (C=O) groups is 3. The first-order chi connectivity index (χ1) is 8.95. The molecule has 0 bridgehead atoms. The third-order valence-electron chi connectivity index (χ3n) is 3.25. The molecule has 0 unspecified atom stereocenters. The molecule has 0 aromatic rings. The van der Waals surface area contributed by atoms with E-state index in [1.165, 1.54) is 16.9 Å². The highest BCUT2D eigenvalue weighted by Crippen LogP contribution is 2.17. The van der Waals surface area contributed by atoms with Crippen molar-refractivity contribution < 1.29 is 24.2 Å². The molecule has 1 saturated heterocycles. The van der Waals surface area contributed by atoms with Crippen molar-refractivity contribution in [3.63, 3.8) is 0 Å². The number of hydrogen-bond donors (Lipinski definition) is 1. The number of ether oxygens (including phenoxy) is 1. The van der Waals surface area contributed by atoms with Crippen molar-refractivity contribution in [1.29, 1.82) is 0 Å². The SMILES string of the molecule is COC(=O)CCN(C)C(=O)N1CCC[C@H](C(=O)O)C1. The van der Waals surface area contributed by atoms with E-state index in [0.717, 1.165) is 0 Å². The maximum absolute atomic E-state index is 12.1. The largest absolute Gasteiger partial charge is 0.481 e. The van der Waals surface area contributed by atoms with E-state index in [2.05, 4.69) is 4.74 Å². The fourth-order valence-corrected chi connectivity index (χ4v) is 2.05. The number of carbonyl (C=O) groups excluding carboxylic acids is 2. The predicted molar refractivity (Wildman–Crippen MR) is 66.6 cm³/mol. The molecular formula is C12H20N2O5. The summed E-state index contributed by atoms with van der Waals surface area (Å²) in [6, 6.07) is -0.241. The molecular weight excluding hydrogens is 252 g/mol. The lowest BCUT2D eigenvalue weighted by atomic mass is 9.99. The molecule has 0 aromatic heterocycles. The van der Waals surface area contributed by atoms with E-state index in [-0.39, 0.29) is 31.5 Å². The molecule has 108 valence electrons. The number of carboxylic acid groups (broad SMARTS) is 1. The standard InChI is InChI=1S/C12H20N2O5/c1-13(7-5-10(15)19-2)12(18)14-6-3-4-9(8-14)11(16)17/h9H,3-8H2,1-2H3,(H,16,17)/t9-/m0/s1. The van der Waals surface area contributed by atoms with Gasteiger partial charge in [0.1, 0.15) is 0 Å². The van der Waals surface area contributed by atoms with Crippen LogP contribution >= 0.6 is 0 Å². The van der Waals surface area contributed by atoms with Crippen LogP contribution in [0.25, 0.3) is 0 Å². The third kappa shape index (κ3) is 4.42. The van der Waals surface area contributed by atoms with Crippen molar-refractivity contribution in [1.82, 2.24) is 9.80 Å². The highest BCUT2D eigenvalue weighted by atomic mass is 16.5. The van der Waals surface area contributed by atoms with Crippen molar-refractivity contribution in [2.45, 2.75) is 19.3 Å². The minimum absolute atomic E-state index is 0.134. The van der Waals surface area contributed by atoms with E-state index in [9.17, 15) is 14.4 Å². The van der Waals surface area contributed by atoms with Crippen molar-refractivity contribution in [3.8, 4) is 0 Å². The van der Waals surface area contributed by atoms with Crippen LogP contribution in [0.2, 0.25) is 0 Å². The minimum Gasteiger partial charge on any atom is -0.481 e. The van der Waals surface area contributed by atoms with Crippen LogP contribution in [0.1, 0.15) is 19.3 Å². The van der Waals surface area contributed by atoms with Crippen LogP contribution in [0, 0.1) is 5.92 Å². The summed E-state index contributed by atoms with van der Waals surface area (Å²) in [4.78, 5) is 37.0. The van der Waals surface area contributed by atoms with Gasteiger partial charge in [0.2, 0.25) is 0 Å². The van der Waals surface area contributed by atoms with Crippen LogP contribution in [0.4, 0.5) is 4.79 Å². The Morgan fingerprint density at radius 1 is 1.42 bits per heavy atom. The number of methoxy groups -OCH3 is 1. The van der Waals surface area contributed by atoms with Gasteiger partial charge in [0, 0.05) is 26.7 Å². The smallest absolute Gasteiger partial charge is 0.319 e. The van der Waals surface area contributed by atoms with Crippen LogP contribution < -0.4 is 0 Å². The summed E-state index contributed by atoms with van der Waals surface area (Å²) in [6.45, 7) is 1.06. The van der Waals surface area contributed by atoms with Gasteiger partial charge in [-0.1, -0.05) is 0 Å². The van der Waals surface area contributed by atoms with Gasteiger partial charge >= 0.3 is 18.0 Å². The fraction of sp³-hybridized carbons (Fsp3) is 0.750. The lowest BCUT2D eigenvalue weighted by molar-refractivity contribution is -0.143. The zero-order chi connectivity index (χ0) is 14.4. The number of carboxylic acids is 1. The second-order valence-electron chi connectivity index (χ2n) is 4.65. The first-order valence-corrected chi connectivity index (χ1v) is 6.25. The maximum atomic E-state index is 12.1. The van der Waals surface area contributed by atoms with Crippen LogP contribution in [0.15, 0.2) is 0 Å². The lowest BCUT2D eigenvalue weighted by Crippen LogP contribution is -2.48. The van der Waals surface area contributed by atoms with Crippen LogP contribution in [0.5, 0.6) is 0 Å². The summed E-state index contributed by atoms with van der Waals surface area (Å²) in [5.41, 5.74) is 0. The van der Waals surface area contributed by atoms with Crippen LogP contribution in [-0.4, -0.2) is 66.7 Å². The molecule has 19 heavy (non-hydrogen) atoms. The van der Waals surface area contributed by atoms with Gasteiger partial charge < -0.3 is 19.6 Å². The lowest BCUT2D eigenvalue weighted by Gasteiger charge is -2.33. The number of piperidine rings is 1. The molecule has 0 aromatic carbocycles. The molecule has 0 saturated carbocycles. The Kier molecular flexibility index (Phi) is 5.59. The molecule has 1 aliphatic rings. The second kappa shape index (κ2) is 6.96. The van der Waals surface area contributed by atoms with Crippen molar-refractivity contribution in [2.75, 3.05) is 33.8 Å². The molecule has 0 spiro atoms. The van der Waals surface area contributed by atoms with E-state index < -0.39 is 11.9 Å². The monoisotopic (exact) mass is 272 g/mol. The van der Waals surface area contributed by atoms with Crippen molar-refractivity contribution in [2.24, 2.45) is 5.92 Å². The molecule has 1 heterocycles. The maximum Gasteiger partial charge on any atom is 0.319 e. The minimum atomic E-state index is -0.866. The van der Waals surface area contributed by atoms with Gasteiger partial charge in [0.05, 0.1) is 19.4 Å². The Morgan fingerprint density at radius 2 is 2.11 bits per heavy atom. The first-order valence-electron chi connectivity index (χ1n) is 6.25. The van der Waals surface area contributed by atoms with Crippen molar-refractivity contribution in [3.05, 3.63) is 0 Å². The van der Waals surface area contributed by atoms with Gasteiger partial charge in [0.25, 0.3) is 0 Å².